The largest absolute Gasteiger partial charge is 0.272 e. The summed E-state index contributed by atoms with van der Waals surface area (Å²) in [5.41, 5.74) is 0. The molecule has 0 aromatic carbocycles. The number of hydrogen-bond donors (Lipinski definition) is 1. The predicted molar refractivity (Wildman–Crippen MR) is 24.7 cm³/mol. The molecule has 6 heavy (non-hydrogen) atoms. The summed E-state index contributed by atoms with van der Waals surface area (Å²) in [6, 6.07) is 0. The summed E-state index contributed by atoms with van der Waals surface area (Å²) in [6.07, 6.45) is 0. The van der Waals surface area contributed by atoms with Crippen molar-refractivity contribution in [3.8, 4) is 0 Å². The molecular weight excluding hydrogens is 125 g/mol. The van der Waals surface area contributed by atoms with Crippen LogP contribution in [0.2, 0.25) is 0 Å². The lowest BCUT2D eigenvalue weighted by Crippen LogP contribution is -2.12. The number of rotatable bonds is 1. The Morgan fingerprint density at radius 3 is 2.33 bits per heavy atom. The van der Waals surface area contributed by atoms with Gasteiger partial charge in [-0.15, -0.1) is 11.6 Å². The molecule has 36 valence electrons. The SMILES string of the molecule is O=C(CCl)NCl. The second-order valence-corrected chi connectivity index (χ2v) is 1.11. The smallest absolute Gasteiger partial charge is 0.249 e. The fraction of sp³-hybridized carbons (Fsp3) is 0.500. The van der Waals surface area contributed by atoms with Gasteiger partial charge >= 0.3 is 0 Å². The molecule has 4 heteroatoms. The van der Waals surface area contributed by atoms with E-state index >= 15 is 0 Å². The van der Waals surface area contributed by atoms with Crippen LogP contribution in [0.15, 0.2) is 0 Å². The van der Waals surface area contributed by atoms with Crippen LogP contribution in [0.4, 0.5) is 0 Å². The molecular formula is C2H3Cl2NO. The number of carbonyl (C=O) groups excluding carboxylic acids is 1. The minimum atomic E-state index is -0.377. The first-order valence-electron chi connectivity index (χ1n) is 1.26. The summed E-state index contributed by atoms with van der Waals surface area (Å²) in [4.78, 5) is 11.6. The molecule has 1 N–H and O–H groups in total. The van der Waals surface area contributed by atoms with Gasteiger partial charge in [0.25, 0.3) is 0 Å². The summed E-state index contributed by atoms with van der Waals surface area (Å²) < 4.78 is 0. The molecule has 0 saturated carbocycles. The van der Waals surface area contributed by atoms with Crippen LogP contribution in [0.3, 0.4) is 0 Å². The Morgan fingerprint density at radius 1 is 1.83 bits per heavy atom. The first-order chi connectivity index (χ1) is 2.81. The molecule has 0 rings (SSSR count). The van der Waals surface area contributed by atoms with Crippen LogP contribution in [0.5, 0.6) is 0 Å². The van der Waals surface area contributed by atoms with E-state index in [1.54, 1.807) is 0 Å². The number of hydrogen-bond acceptors (Lipinski definition) is 1. The van der Waals surface area contributed by atoms with Gasteiger partial charge < -0.3 is 0 Å². The van der Waals surface area contributed by atoms with Crippen molar-refractivity contribution < 1.29 is 4.79 Å². The van der Waals surface area contributed by atoms with Crippen LogP contribution in [0, 0.1) is 0 Å². The van der Waals surface area contributed by atoms with Gasteiger partial charge in [0, 0.05) is 11.8 Å². The van der Waals surface area contributed by atoms with Gasteiger partial charge in [-0.1, -0.05) is 0 Å². The molecule has 0 bridgehead atoms. The van der Waals surface area contributed by atoms with Gasteiger partial charge in [-0.2, -0.15) is 0 Å². The van der Waals surface area contributed by atoms with E-state index < -0.39 is 0 Å². The van der Waals surface area contributed by atoms with E-state index in [1.807, 2.05) is 4.84 Å². The molecule has 0 aliphatic carbocycles. The molecule has 0 aromatic heterocycles. The van der Waals surface area contributed by atoms with Gasteiger partial charge in [-0.3, -0.25) is 9.63 Å². The van der Waals surface area contributed by atoms with Crippen LogP contribution in [0.25, 0.3) is 0 Å². The number of amides is 1. The van der Waals surface area contributed by atoms with Crippen LogP contribution in [-0.2, 0) is 4.79 Å². The summed E-state index contributed by atoms with van der Waals surface area (Å²) in [5, 5.41) is 0. The Balaban J connectivity index is 2.99. The lowest BCUT2D eigenvalue weighted by Gasteiger charge is -1.82. The van der Waals surface area contributed by atoms with Crippen molar-refractivity contribution in [3.63, 3.8) is 0 Å². The zero-order valence-electron chi connectivity index (χ0n) is 2.87. The third-order valence-electron chi connectivity index (χ3n) is 0.227. The minimum absolute atomic E-state index is 0.0799. The van der Waals surface area contributed by atoms with Crippen molar-refractivity contribution in [1.29, 1.82) is 0 Å². The third kappa shape index (κ3) is 2.30. The van der Waals surface area contributed by atoms with Gasteiger partial charge in [0.1, 0.15) is 5.88 Å². The zero-order chi connectivity index (χ0) is 4.99. The van der Waals surface area contributed by atoms with E-state index in [-0.39, 0.29) is 11.8 Å². The quantitative estimate of drug-likeness (QED) is 0.404. The fourth-order valence-corrected chi connectivity index (χ4v) is 0.227. The topological polar surface area (TPSA) is 29.1 Å². The first-order valence-corrected chi connectivity index (χ1v) is 2.18. The number of halogens is 2. The molecule has 0 atom stereocenters. The Kier molecular flexibility index (Phi) is 3.28. The average Bonchev–Trinajstić information content (AvgIpc) is 1.65. The molecule has 0 aliphatic rings. The number of carbonyl (C=O) groups is 1. The van der Waals surface area contributed by atoms with E-state index in [0.717, 1.165) is 0 Å². The van der Waals surface area contributed by atoms with Crippen molar-refractivity contribution in [1.82, 2.24) is 4.84 Å². The molecule has 2 nitrogen and oxygen atoms in total. The first kappa shape index (κ1) is 6.05. The van der Waals surface area contributed by atoms with E-state index in [9.17, 15) is 4.79 Å². The second kappa shape index (κ2) is 3.25. The highest BCUT2D eigenvalue weighted by atomic mass is 35.5. The predicted octanol–water partition coefficient (Wildman–Crippen LogP) is 0.495. The molecule has 0 aromatic rings. The fourth-order valence-electron chi connectivity index (χ4n) is 0.0253. The van der Waals surface area contributed by atoms with Crippen LogP contribution in [-0.4, -0.2) is 11.8 Å². The maximum Gasteiger partial charge on any atom is 0.249 e. The van der Waals surface area contributed by atoms with Gasteiger partial charge in [-0.05, 0) is 0 Å². The van der Waals surface area contributed by atoms with E-state index in [0.29, 0.717) is 0 Å². The van der Waals surface area contributed by atoms with Gasteiger partial charge in [0.15, 0.2) is 0 Å². The Morgan fingerprint density at radius 2 is 2.33 bits per heavy atom. The molecule has 0 fully saturated rings. The molecule has 0 saturated heterocycles. The lowest BCUT2D eigenvalue weighted by atomic mass is 10.8. The highest BCUT2D eigenvalue weighted by Crippen LogP contribution is 1.72. The van der Waals surface area contributed by atoms with E-state index in [2.05, 4.69) is 0 Å². The highest BCUT2D eigenvalue weighted by molar-refractivity contribution is 6.32. The zero-order valence-corrected chi connectivity index (χ0v) is 4.38. The van der Waals surface area contributed by atoms with Crippen molar-refractivity contribution in [2.24, 2.45) is 0 Å². The lowest BCUT2D eigenvalue weighted by molar-refractivity contribution is -0.117. The Labute approximate surface area is 45.5 Å². The molecule has 0 spiro atoms. The molecule has 0 radical (unpaired) electrons. The summed E-state index contributed by atoms with van der Waals surface area (Å²) in [6.45, 7) is 0. The highest BCUT2D eigenvalue weighted by Gasteiger charge is 1.88. The van der Waals surface area contributed by atoms with E-state index in [4.69, 9.17) is 23.4 Å². The second-order valence-electron chi connectivity index (χ2n) is 0.651. The third-order valence-corrected chi connectivity index (χ3v) is 0.680. The van der Waals surface area contributed by atoms with Gasteiger partial charge in [0.2, 0.25) is 5.91 Å². The Bertz CT molecular complexity index is 49.5. The van der Waals surface area contributed by atoms with Gasteiger partial charge in [-0.25, -0.2) is 0 Å². The van der Waals surface area contributed by atoms with E-state index in [1.165, 1.54) is 0 Å². The van der Waals surface area contributed by atoms with Crippen LogP contribution >= 0.6 is 23.4 Å². The van der Waals surface area contributed by atoms with Crippen LogP contribution in [0.1, 0.15) is 0 Å². The monoisotopic (exact) mass is 127 g/mol. The number of alkyl halides is 1. The average molecular weight is 128 g/mol. The maximum atomic E-state index is 9.81. The molecule has 0 unspecified atom stereocenters. The molecule has 0 aliphatic heterocycles. The summed E-state index contributed by atoms with van der Waals surface area (Å²) >= 11 is 9.72. The van der Waals surface area contributed by atoms with Crippen molar-refractivity contribution >= 4 is 29.3 Å². The summed E-state index contributed by atoms with van der Waals surface area (Å²) in [5.74, 6) is -0.456. The summed E-state index contributed by atoms with van der Waals surface area (Å²) in [7, 11) is 0. The van der Waals surface area contributed by atoms with Crippen LogP contribution < -0.4 is 4.84 Å². The van der Waals surface area contributed by atoms with Gasteiger partial charge in [0.05, 0.1) is 0 Å². The normalized spacial score (nSPS) is 7.67. The Hall–Kier alpha value is 0.0500. The maximum absolute atomic E-state index is 9.81. The molecule has 0 heterocycles. The molecule has 1 amide bonds. The number of nitrogens with one attached hydrogen (secondary N) is 1. The minimum Gasteiger partial charge on any atom is -0.272 e. The van der Waals surface area contributed by atoms with Crippen molar-refractivity contribution in [2.45, 2.75) is 0 Å². The van der Waals surface area contributed by atoms with Crippen molar-refractivity contribution in [3.05, 3.63) is 0 Å². The standard InChI is InChI=1S/C2H3Cl2NO/c3-1-2(6)5-4/h1H2,(H,5,6). The van der Waals surface area contributed by atoms with Crippen molar-refractivity contribution in [2.75, 3.05) is 5.88 Å².